The number of rotatable bonds is 8. The van der Waals surface area contributed by atoms with Crippen LogP contribution in [0, 0.1) is 0 Å². The van der Waals surface area contributed by atoms with Gasteiger partial charge in [-0.1, -0.05) is 6.07 Å². The maximum absolute atomic E-state index is 12.1. The second kappa shape index (κ2) is 7.95. The maximum Gasteiger partial charge on any atom is 0.243 e. The van der Waals surface area contributed by atoms with Crippen molar-refractivity contribution in [3.8, 4) is 0 Å². The van der Waals surface area contributed by atoms with Crippen LogP contribution in [0.15, 0.2) is 46.7 Å². The van der Waals surface area contributed by atoms with Gasteiger partial charge in [-0.25, -0.2) is 26.3 Å². The third kappa shape index (κ3) is 4.66. The van der Waals surface area contributed by atoms with Crippen molar-refractivity contribution < 1.29 is 21.6 Å². The third-order valence-electron chi connectivity index (χ3n) is 3.46. The number of nitrogens with zero attached hydrogens (tertiary/aromatic N) is 2. The number of amides is 1. The van der Waals surface area contributed by atoms with E-state index in [9.17, 15) is 21.6 Å². The molecule has 26 heavy (non-hydrogen) atoms. The predicted molar refractivity (Wildman–Crippen MR) is 93.0 cm³/mol. The fourth-order valence-electron chi connectivity index (χ4n) is 2.11. The molecular weight excluding hydrogens is 382 g/mol. The van der Waals surface area contributed by atoms with Gasteiger partial charge in [0.25, 0.3) is 0 Å². The van der Waals surface area contributed by atoms with Crippen LogP contribution in [-0.2, 0) is 37.9 Å². The highest BCUT2D eigenvalue weighted by Crippen LogP contribution is 2.21. The largest absolute Gasteiger partial charge is 0.350 e. The van der Waals surface area contributed by atoms with Gasteiger partial charge in [0.1, 0.15) is 16.3 Å². The Hall–Kier alpha value is -2.28. The predicted octanol–water partition coefficient (Wildman–Crippen LogP) is -0.984. The molecule has 3 N–H and O–H groups in total. The first-order chi connectivity index (χ1) is 12.2. The van der Waals surface area contributed by atoms with E-state index in [2.05, 4.69) is 19.7 Å². The van der Waals surface area contributed by atoms with Crippen molar-refractivity contribution in [1.82, 2.24) is 24.3 Å². The van der Waals surface area contributed by atoms with E-state index >= 15 is 0 Å². The van der Waals surface area contributed by atoms with Crippen molar-refractivity contribution in [3.05, 3.63) is 42.5 Å². The molecule has 0 aliphatic heterocycles. The Balaban J connectivity index is 2.22. The Kier molecular flexibility index (Phi) is 6.13. The number of carbonyl (C=O) groups excluding carboxylic acids is 1. The molecule has 12 heteroatoms. The van der Waals surface area contributed by atoms with Gasteiger partial charge in [0.15, 0.2) is 0 Å². The quantitative estimate of drug-likeness (QED) is 0.519. The first kappa shape index (κ1) is 20.0. The van der Waals surface area contributed by atoms with E-state index in [4.69, 9.17) is 0 Å². The molecule has 0 saturated heterocycles. The summed E-state index contributed by atoms with van der Waals surface area (Å²) in [4.78, 5) is 15.1. The number of pyridine rings is 1. The number of hydrogen-bond donors (Lipinski definition) is 3. The minimum atomic E-state index is -4.02. The molecule has 2 aromatic rings. The fourth-order valence-corrected chi connectivity index (χ4v) is 4.39. The van der Waals surface area contributed by atoms with Crippen LogP contribution < -0.4 is 14.8 Å². The Morgan fingerprint density at radius 1 is 1.08 bits per heavy atom. The van der Waals surface area contributed by atoms with Gasteiger partial charge in [-0.3, -0.25) is 9.78 Å². The molecule has 0 aromatic carbocycles. The molecule has 1 amide bonds. The molecule has 0 radical (unpaired) electrons. The maximum atomic E-state index is 12.1. The smallest absolute Gasteiger partial charge is 0.243 e. The van der Waals surface area contributed by atoms with Crippen molar-refractivity contribution in [1.29, 1.82) is 0 Å². The van der Waals surface area contributed by atoms with Crippen LogP contribution >= 0.6 is 0 Å². The molecule has 2 heterocycles. The van der Waals surface area contributed by atoms with E-state index in [0.717, 1.165) is 18.0 Å². The zero-order valence-electron chi connectivity index (χ0n) is 14.1. The molecule has 0 fully saturated rings. The molecule has 0 saturated carbocycles. The summed E-state index contributed by atoms with van der Waals surface area (Å²) < 4.78 is 53.6. The van der Waals surface area contributed by atoms with Crippen molar-refractivity contribution in [2.24, 2.45) is 0 Å². The second-order valence-corrected chi connectivity index (χ2v) is 8.92. The normalized spacial score (nSPS) is 12.1. The molecule has 0 bridgehead atoms. The van der Waals surface area contributed by atoms with Gasteiger partial charge in [-0.05, 0) is 25.7 Å². The van der Waals surface area contributed by atoms with E-state index in [1.165, 1.54) is 18.7 Å². The molecule has 0 aliphatic rings. The summed E-state index contributed by atoms with van der Waals surface area (Å²) in [6.07, 6.45) is 5.41. The molecule has 0 unspecified atom stereocenters. The summed E-state index contributed by atoms with van der Waals surface area (Å²) in [5, 5.41) is 2.65. The van der Waals surface area contributed by atoms with E-state index in [0.29, 0.717) is 0 Å². The lowest BCUT2D eigenvalue weighted by Crippen LogP contribution is -2.26. The highest BCUT2D eigenvalue weighted by atomic mass is 32.2. The minimum Gasteiger partial charge on any atom is -0.350 e. The van der Waals surface area contributed by atoms with Gasteiger partial charge in [-0.15, -0.1) is 0 Å². The molecule has 2 rings (SSSR count). The zero-order chi connectivity index (χ0) is 19.4. The first-order valence-corrected chi connectivity index (χ1v) is 10.4. The number of hydrogen-bond acceptors (Lipinski definition) is 6. The number of sulfonamides is 2. The third-order valence-corrected chi connectivity index (χ3v) is 6.48. The summed E-state index contributed by atoms with van der Waals surface area (Å²) in [6.45, 7) is 0.00299. The standard InChI is InChI=1S/C14H19N5O5S2/c1-15-25(21,22)12-8-19(9-13(12)26(23,24)16-2)10-14(20)18-7-11-4-3-5-17-6-11/h3-6,8-9,15-16H,7,10H2,1-2H3,(H,18,20). The van der Waals surface area contributed by atoms with Crippen LogP contribution in [-0.4, -0.2) is 46.4 Å². The monoisotopic (exact) mass is 401 g/mol. The zero-order valence-corrected chi connectivity index (χ0v) is 15.8. The van der Waals surface area contributed by atoms with Gasteiger partial charge in [0.2, 0.25) is 26.0 Å². The Morgan fingerprint density at radius 3 is 2.12 bits per heavy atom. The molecule has 142 valence electrons. The summed E-state index contributed by atoms with van der Waals surface area (Å²) in [5.74, 6) is -0.411. The summed E-state index contributed by atoms with van der Waals surface area (Å²) in [7, 11) is -5.71. The van der Waals surface area contributed by atoms with Gasteiger partial charge in [-0.2, -0.15) is 0 Å². The van der Waals surface area contributed by atoms with Crippen LogP contribution in [0.1, 0.15) is 5.56 Å². The average molecular weight is 401 g/mol. The van der Waals surface area contributed by atoms with E-state index in [-0.39, 0.29) is 13.1 Å². The number of aromatic nitrogens is 2. The molecule has 2 aromatic heterocycles. The average Bonchev–Trinajstić information content (AvgIpc) is 3.06. The fraction of sp³-hybridized carbons (Fsp3) is 0.286. The van der Waals surface area contributed by atoms with Crippen molar-refractivity contribution in [3.63, 3.8) is 0 Å². The van der Waals surface area contributed by atoms with Gasteiger partial charge in [0.05, 0.1) is 0 Å². The molecule has 0 atom stereocenters. The van der Waals surface area contributed by atoms with Gasteiger partial charge >= 0.3 is 0 Å². The van der Waals surface area contributed by atoms with Crippen LogP contribution in [0.5, 0.6) is 0 Å². The topological polar surface area (TPSA) is 139 Å². The van der Waals surface area contributed by atoms with Crippen molar-refractivity contribution in [2.45, 2.75) is 22.9 Å². The van der Waals surface area contributed by atoms with Crippen molar-refractivity contribution >= 4 is 26.0 Å². The highest BCUT2D eigenvalue weighted by Gasteiger charge is 2.27. The lowest BCUT2D eigenvalue weighted by atomic mass is 10.3. The number of nitrogens with one attached hydrogen (secondary N) is 3. The highest BCUT2D eigenvalue weighted by molar-refractivity contribution is 7.92. The van der Waals surface area contributed by atoms with Crippen LogP contribution in [0.3, 0.4) is 0 Å². The summed E-state index contributed by atoms with van der Waals surface area (Å²) in [6, 6.07) is 3.52. The Labute approximate surface area is 151 Å². The molecular formula is C14H19N5O5S2. The van der Waals surface area contributed by atoms with Gasteiger partial charge < -0.3 is 9.88 Å². The van der Waals surface area contributed by atoms with E-state index in [1.807, 2.05) is 0 Å². The van der Waals surface area contributed by atoms with E-state index < -0.39 is 35.7 Å². The Bertz CT molecular complexity index is 932. The van der Waals surface area contributed by atoms with Crippen LogP contribution in [0.25, 0.3) is 0 Å². The lowest BCUT2D eigenvalue weighted by Gasteiger charge is -2.05. The molecule has 10 nitrogen and oxygen atoms in total. The number of carbonyl (C=O) groups is 1. The molecule has 0 aliphatic carbocycles. The molecule has 0 spiro atoms. The first-order valence-electron chi connectivity index (χ1n) is 7.42. The van der Waals surface area contributed by atoms with Crippen molar-refractivity contribution in [2.75, 3.05) is 14.1 Å². The SMILES string of the molecule is CNS(=O)(=O)c1cn(CC(=O)NCc2cccnc2)cc1S(=O)(=O)NC. The summed E-state index contributed by atoms with van der Waals surface area (Å²) >= 11 is 0. The van der Waals surface area contributed by atoms with Gasteiger partial charge in [0, 0.05) is 31.3 Å². The van der Waals surface area contributed by atoms with Crippen LogP contribution in [0.4, 0.5) is 0 Å². The Morgan fingerprint density at radius 2 is 1.65 bits per heavy atom. The minimum absolute atomic E-state index is 0.244. The lowest BCUT2D eigenvalue weighted by molar-refractivity contribution is -0.121. The van der Waals surface area contributed by atoms with E-state index in [1.54, 1.807) is 24.5 Å². The summed E-state index contributed by atoms with van der Waals surface area (Å²) in [5.41, 5.74) is 0.797. The second-order valence-electron chi connectivity index (χ2n) is 5.21. The van der Waals surface area contributed by atoms with Crippen LogP contribution in [0.2, 0.25) is 0 Å².